The quantitative estimate of drug-likeness (QED) is 0.00570. The number of carbonyl (C=O) groups is 4. The molecule has 0 saturated carbocycles. The fraction of sp³-hybridized carbons (Fsp3) is 0.393. The molecule has 24 nitrogen and oxygen atoms in total. The van der Waals surface area contributed by atoms with Gasteiger partial charge in [-0.3, -0.25) is 19.2 Å². The molecule has 0 saturated heterocycles. The number of anilines is 12. The Labute approximate surface area is 878 Å². The molecule has 29 heteroatoms. The minimum absolute atomic E-state index is 0.0429. The molecule has 4 atom stereocenters. The van der Waals surface area contributed by atoms with Gasteiger partial charge in [0.05, 0.1) is 71.3 Å². The smallest absolute Gasteiger partial charge is 0.260 e. The van der Waals surface area contributed by atoms with Crippen LogP contribution in [0.15, 0.2) is 205 Å². The molecular weight excluding hydrogens is 2160 g/mol. The van der Waals surface area contributed by atoms with E-state index in [-0.39, 0.29) is 196 Å². The number of benzene rings is 8. The number of halogens is 5. The molecule has 0 aliphatic carbocycles. The lowest BCUT2D eigenvalue weighted by molar-refractivity contribution is 0.0979. The summed E-state index contributed by atoms with van der Waals surface area (Å²) in [5.41, 5.74) is 14.6. The van der Waals surface area contributed by atoms with E-state index in [9.17, 15) is 80.5 Å². The van der Waals surface area contributed by atoms with Crippen molar-refractivity contribution in [2.24, 2.45) is 17.8 Å². The lowest BCUT2D eigenvalue weighted by Gasteiger charge is -2.28. The van der Waals surface area contributed by atoms with Crippen molar-refractivity contribution in [1.29, 1.82) is 0 Å². The lowest BCUT2D eigenvalue weighted by atomic mass is 9.92. The molecule has 8 aromatic rings. The molecule has 758 valence electrons. The predicted octanol–water partition coefficient (Wildman–Crippen LogP) is 31.0. The molecule has 4 unspecified atom stereocenters. The standard InChI is InChI=1S/C28H33Br3N2O4.C28H39BrN2O4.C28H33IN2O4.C28H34N2O4/c1-16(2)7-6-13-28(4,31)22(29)11-10-17(3)12-14-33-19-15-21(35)23(30)26(36)25(19)32-24-18(27(33)37)8-5-9-20(24)34;2*1-17(2)8-5-9-18(3)10-6-11-19(4)14-15-31-21-16-23(33)24(29)27(34)26(21)30-25-20(28(31)35)12-7-13-22(25)32;1-18(2)8-5-9-19(3)10-6-11-20(4)14-15-30-23-16-21(31)17-25(33)27(23)29-26-22(28(30)34)12-7-13-24(26)32/h5,7-9,12,15,22,32,34-36H,6,10-11,13-14H2,1-4H3;7,12-13,16-19,30,32-34H,5-6,8-11,14-15H2,1-4H3;7-8,10,12-14,16,30,32-34H,5-6,9,11,15H2,1-4H3;7-8,10,12-14,16-17,29,31-33H,5-6,9,11,15H2,1-4H3/b17-12+;;18-10+,19-14+;19-10+,20-14+. The fourth-order valence-corrected chi connectivity index (χ4v) is 18.8. The van der Waals surface area contributed by atoms with Gasteiger partial charge in [-0.2, -0.15) is 0 Å². The molecule has 4 aliphatic rings. The molecule has 4 aliphatic heterocycles. The molecular formula is C112H139Br4IN8O16. The molecule has 12 rings (SSSR count). The Bertz CT molecular complexity index is 6100. The Morgan fingerprint density at radius 1 is 0.362 bits per heavy atom. The van der Waals surface area contributed by atoms with Crippen molar-refractivity contribution < 1.29 is 80.5 Å². The van der Waals surface area contributed by atoms with Crippen molar-refractivity contribution in [3.8, 4) is 69.0 Å². The van der Waals surface area contributed by atoms with Crippen molar-refractivity contribution in [3.05, 3.63) is 231 Å². The van der Waals surface area contributed by atoms with Gasteiger partial charge in [0.1, 0.15) is 83.4 Å². The number of hydrogen-bond donors (Lipinski definition) is 16. The summed E-state index contributed by atoms with van der Waals surface area (Å²) >= 11 is 16.0. The van der Waals surface area contributed by atoms with Gasteiger partial charge < -0.3 is 102 Å². The van der Waals surface area contributed by atoms with Crippen LogP contribution in [-0.4, -0.2) is 120 Å². The number of nitrogens with one attached hydrogen (secondary N) is 4. The van der Waals surface area contributed by atoms with E-state index in [2.05, 4.69) is 205 Å². The molecule has 0 fully saturated rings. The summed E-state index contributed by atoms with van der Waals surface area (Å²) in [4.78, 5) is 60.3. The van der Waals surface area contributed by atoms with Crippen LogP contribution >= 0.6 is 86.3 Å². The van der Waals surface area contributed by atoms with Gasteiger partial charge in [0.2, 0.25) is 0 Å². The summed E-state index contributed by atoms with van der Waals surface area (Å²) in [7, 11) is 0. The number of rotatable bonds is 36. The van der Waals surface area contributed by atoms with E-state index < -0.39 is 0 Å². The monoisotopic (exact) mass is 2290 g/mol. The van der Waals surface area contributed by atoms with Crippen LogP contribution in [0.4, 0.5) is 68.2 Å². The Balaban J connectivity index is 0.000000210. The minimum atomic E-state index is -0.354. The third kappa shape index (κ3) is 31.0. The van der Waals surface area contributed by atoms with Crippen LogP contribution in [0.3, 0.4) is 0 Å². The van der Waals surface area contributed by atoms with Crippen LogP contribution in [0.1, 0.15) is 274 Å². The zero-order chi connectivity index (χ0) is 104. The van der Waals surface area contributed by atoms with Crippen molar-refractivity contribution in [2.75, 3.05) is 67.0 Å². The number of carbonyl (C=O) groups excluding carboxylic acids is 4. The molecule has 141 heavy (non-hydrogen) atoms. The maximum absolute atomic E-state index is 13.6. The molecule has 8 aromatic carbocycles. The second kappa shape index (κ2) is 52.8. The van der Waals surface area contributed by atoms with E-state index in [1.807, 2.05) is 61.6 Å². The first-order valence-electron chi connectivity index (χ1n) is 48.1. The Hall–Kier alpha value is -11.0. The highest BCUT2D eigenvalue weighted by atomic mass is 127. The second-order valence-electron chi connectivity index (χ2n) is 38.5. The molecule has 4 amide bonds. The van der Waals surface area contributed by atoms with Crippen LogP contribution in [0.5, 0.6) is 69.0 Å². The van der Waals surface area contributed by atoms with E-state index >= 15 is 0 Å². The van der Waals surface area contributed by atoms with E-state index in [1.54, 1.807) is 53.4 Å². The zero-order valence-electron chi connectivity index (χ0n) is 83.7. The highest BCUT2D eigenvalue weighted by molar-refractivity contribution is 14.1. The first-order chi connectivity index (χ1) is 66.7. The van der Waals surface area contributed by atoms with Gasteiger partial charge in [0, 0.05) is 65.7 Å². The number of phenolic OH excluding ortho intramolecular Hbond substituents is 12. The number of amides is 4. The zero-order valence-corrected chi connectivity index (χ0v) is 92.2. The number of aromatic hydroxyl groups is 12. The second-order valence-corrected chi connectivity index (χ2v) is 44.1. The van der Waals surface area contributed by atoms with E-state index in [4.69, 9.17) is 0 Å². The van der Waals surface area contributed by atoms with Gasteiger partial charge in [0.15, 0.2) is 17.2 Å². The van der Waals surface area contributed by atoms with Crippen molar-refractivity contribution in [1.82, 2.24) is 0 Å². The summed E-state index contributed by atoms with van der Waals surface area (Å²) in [6.45, 7) is 35.6. The first kappa shape index (κ1) is 114. The summed E-state index contributed by atoms with van der Waals surface area (Å²) in [6, 6.07) is 25.9. The van der Waals surface area contributed by atoms with Crippen LogP contribution in [0.25, 0.3) is 0 Å². The number of alkyl halides is 2. The fourth-order valence-electron chi connectivity index (χ4n) is 16.8. The Kier molecular flexibility index (Phi) is 42.6. The third-order valence-electron chi connectivity index (χ3n) is 25.4. The number of phenols is 12. The maximum Gasteiger partial charge on any atom is 0.260 e. The summed E-state index contributed by atoms with van der Waals surface area (Å²) in [5.74, 6) is -1.23. The van der Waals surface area contributed by atoms with Gasteiger partial charge >= 0.3 is 0 Å². The van der Waals surface area contributed by atoms with Gasteiger partial charge in [-0.1, -0.05) is 216 Å². The number of fused-ring (bicyclic) bond motifs is 8. The Morgan fingerprint density at radius 3 is 1.07 bits per heavy atom. The van der Waals surface area contributed by atoms with Gasteiger partial charge in [-0.15, -0.1) is 0 Å². The molecule has 0 spiro atoms. The number of para-hydroxylation sites is 4. The molecule has 16 N–H and O–H groups in total. The topological polar surface area (TPSA) is 372 Å². The summed E-state index contributed by atoms with van der Waals surface area (Å²) in [5, 5.41) is 137. The molecule has 4 heterocycles. The summed E-state index contributed by atoms with van der Waals surface area (Å²) in [6.07, 6.45) is 37.0. The average Bonchev–Trinajstić information content (AvgIpc) is 1.63. The van der Waals surface area contributed by atoms with Crippen LogP contribution in [0, 0.1) is 21.3 Å². The summed E-state index contributed by atoms with van der Waals surface area (Å²) < 4.78 is 0.450. The highest BCUT2D eigenvalue weighted by Gasteiger charge is 2.38. The largest absolute Gasteiger partial charge is 0.508 e. The maximum atomic E-state index is 13.6. The average molecular weight is 2300 g/mol. The first-order valence-corrected chi connectivity index (χ1v) is 52.5. The lowest BCUT2D eigenvalue weighted by Crippen LogP contribution is -2.32. The predicted molar refractivity (Wildman–Crippen MR) is 597 cm³/mol. The van der Waals surface area contributed by atoms with Gasteiger partial charge in [0.25, 0.3) is 23.6 Å². The SMILES string of the molecule is CC(C)=CCC/C(C)=C/CC/C(C)=C/CN1C(=O)c2cccc(O)c2Nc2c(O)cc(O)cc21.CC(C)=CCC/C(C)=C/CC/C(C)=C/CN1C(=O)c2cccc(O)c2Nc2c1cc(O)c(I)c2O.CC(C)=CCCC(C)(Br)C(Br)CC/C(C)=C/CN1C(=O)c2cccc(O)c2Nc2c1cc(O)c(Br)c2O.CC(C)CCCC(C)CCCC(C)CCN1C(=O)c2cccc(O)c2Nc2c1cc(O)c(Br)c2O. The van der Waals surface area contributed by atoms with Crippen LogP contribution in [0.2, 0.25) is 0 Å². The van der Waals surface area contributed by atoms with Gasteiger partial charge in [-0.25, -0.2) is 0 Å². The normalized spacial score (nSPS) is 14.5. The highest BCUT2D eigenvalue weighted by Crippen LogP contribution is 2.55. The van der Waals surface area contributed by atoms with E-state index in [0.717, 1.165) is 118 Å². The van der Waals surface area contributed by atoms with Crippen molar-refractivity contribution >= 4 is 178 Å². The molecule has 0 radical (unpaired) electrons. The van der Waals surface area contributed by atoms with Crippen molar-refractivity contribution in [2.45, 2.75) is 242 Å². The number of allylic oxidation sites excluding steroid dienone is 13. The third-order valence-corrected chi connectivity index (χ3v) is 31.0. The van der Waals surface area contributed by atoms with Gasteiger partial charge in [-0.05, 0) is 287 Å². The molecule has 0 bridgehead atoms. The van der Waals surface area contributed by atoms with Crippen LogP contribution in [-0.2, 0) is 0 Å². The van der Waals surface area contributed by atoms with Crippen LogP contribution < -0.4 is 40.9 Å². The van der Waals surface area contributed by atoms with Crippen molar-refractivity contribution in [3.63, 3.8) is 0 Å². The molecule has 0 aromatic heterocycles. The van der Waals surface area contributed by atoms with E-state index in [1.165, 1.54) is 129 Å². The Morgan fingerprint density at radius 2 is 0.681 bits per heavy atom. The number of hydrogen-bond acceptors (Lipinski definition) is 20. The minimum Gasteiger partial charge on any atom is -0.508 e. The number of nitrogens with zero attached hydrogens (tertiary/aromatic N) is 4. The van der Waals surface area contributed by atoms with E-state index in [0.29, 0.717) is 40.8 Å².